The van der Waals surface area contributed by atoms with Crippen LogP contribution in [0.3, 0.4) is 0 Å². The molecule has 3 rings (SSSR count). The maximum Gasteiger partial charge on any atom is 0.270 e. The minimum atomic E-state index is -0.157. The summed E-state index contributed by atoms with van der Waals surface area (Å²) in [6.07, 6.45) is 1.96. The van der Waals surface area contributed by atoms with Crippen LogP contribution in [-0.2, 0) is 5.41 Å². The van der Waals surface area contributed by atoms with E-state index < -0.39 is 0 Å². The zero-order chi connectivity index (χ0) is 24.9. The predicted molar refractivity (Wildman–Crippen MR) is 138 cm³/mol. The molecule has 2 aromatic heterocycles. The van der Waals surface area contributed by atoms with Gasteiger partial charge in [-0.1, -0.05) is 46.8 Å². The molecule has 0 radical (unpaired) electrons. The van der Waals surface area contributed by atoms with E-state index in [4.69, 9.17) is 14.8 Å². The van der Waals surface area contributed by atoms with Crippen molar-refractivity contribution in [2.75, 3.05) is 26.7 Å². The lowest BCUT2D eigenvalue weighted by Crippen LogP contribution is -2.35. The number of carbonyl (C=O) groups excluding carboxylic acids is 1. The molecular weight excluding hydrogens is 426 g/mol. The smallest absolute Gasteiger partial charge is 0.270 e. The molecule has 3 aromatic rings. The Morgan fingerprint density at radius 1 is 1.18 bits per heavy atom. The molecular formula is C27H39N5O2. The largest absolute Gasteiger partial charge is 0.497 e. The Kier molecular flexibility index (Phi) is 8.31. The Balaban J connectivity index is 1.92. The second-order valence-corrected chi connectivity index (χ2v) is 9.85. The molecule has 1 amide bonds. The molecule has 0 aliphatic carbocycles. The highest BCUT2D eigenvalue weighted by Crippen LogP contribution is 2.27. The van der Waals surface area contributed by atoms with Gasteiger partial charge in [-0.15, -0.1) is 0 Å². The lowest BCUT2D eigenvalue weighted by atomic mass is 9.93. The average molecular weight is 466 g/mol. The van der Waals surface area contributed by atoms with Crippen LogP contribution in [-0.4, -0.2) is 58.2 Å². The van der Waals surface area contributed by atoms with Gasteiger partial charge in [-0.3, -0.25) is 4.79 Å². The van der Waals surface area contributed by atoms with Crippen molar-refractivity contribution < 1.29 is 9.53 Å². The number of hydrogen-bond acceptors (Lipinski definition) is 5. The standard InChI is InChI=1S/C27H39N5O2/c1-8-31(9-2)15-11-12-19(3)28-26(33)23-17-22(20-13-10-14-21(16-20)34-7)29-25-18-24(27(4,5)6)30-32(23)25/h10,13-14,16-19H,8-9,11-12,15H2,1-7H3,(H,28,33)/t19-/m1/s1. The van der Waals surface area contributed by atoms with Gasteiger partial charge in [0.15, 0.2) is 5.65 Å². The lowest BCUT2D eigenvalue weighted by Gasteiger charge is -2.20. The number of fused-ring (bicyclic) bond motifs is 1. The molecule has 0 saturated carbocycles. The van der Waals surface area contributed by atoms with Crippen molar-refractivity contribution in [3.8, 4) is 17.0 Å². The second kappa shape index (κ2) is 11.0. The minimum Gasteiger partial charge on any atom is -0.497 e. The zero-order valence-corrected chi connectivity index (χ0v) is 21.7. The van der Waals surface area contributed by atoms with Crippen molar-refractivity contribution in [1.29, 1.82) is 0 Å². The third-order valence-corrected chi connectivity index (χ3v) is 6.18. The number of nitrogens with one attached hydrogen (secondary N) is 1. The van der Waals surface area contributed by atoms with Gasteiger partial charge in [-0.05, 0) is 57.6 Å². The number of rotatable bonds is 10. The van der Waals surface area contributed by atoms with Gasteiger partial charge in [-0.25, -0.2) is 9.50 Å². The van der Waals surface area contributed by atoms with Gasteiger partial charge in [0.25, 0.3) is 5.91 Å². The molecule has 1 N–H and O–H groups in total. The van der Waals surface area contributed by atoms with Gasteiger partial charge < -0.3 is 15.0 Å². The molecule has 0 unspecified atom stereocenters. The van der Waals surface area contributed by atoms with E-state index in [1.54, 1.807) is 11.6 Å². The van der Waals surface area contributed by atoms with Gasteiger partial charge >= 0.3 is 0 Å². The average Bonchev–Trinajstić information content (AvgIpc) is 3.26. The summed E-state index contributed by atoms with van der Waals surface area (Å²) in [5.41, 5.74) is 3.48. The van der Waals surface area contributed by atoms with E-state index in [1.807, 2.05) is 36.4 Å². The van der Waals surface area contributed by atoms with Crippen molar-refractivity contribution in [3.63, 3.8) is 0 Å². The Morgan fingerprint density at radius 3 is 2.56 bits per heavy atom. The summed E-state index contributed by atoms with van der Waals surface area (Å²) < 4.78 is 7.05. The summed E-state index contributed by atoms with van der Waals surface area (Å²) in [7, 11) is 1.64. The van der Waals surface area contributed by atoms with Gasteiger partial charge in [0.2, 0.25) is 0 Å². The van der Waals surface area contributed by atoms with Crippen molar-refractivity contribution in [2.45, 2.75) is 65.8 Å². The summed E-state index contributed by atoms with van der Waals surface area (Å²) in [6, 6.07) is 11.6. The van der Waals surface area contributed by atoms with Crippen LogP contribution >= 0.6 is 0 Å². The van der Waals surface area contributed by atoms with Crippen molar-refractivity contribution >= 4 is 11.6 Å². The first-order valence-electron chi connectivity index (χ1n) is 12.2. The number of nitrogens with zero attached hydrogens (tertiary/aromatic N) is 4. The number of aromatic nitrogens is 3. The molecule has 34 heavy (non-hydrogen) atoms. The molecule has 184 valence electrons. The van der Waals surface area contributed by atoms with Crippen LogP contribution < -0.4 is 10.1 Å². The normalized spacial score (nSPS) is 12.8. The fourth-order valence-corrected chi connectivity index (χ4v) is 3.96. The molecule has 1 aromatic carbocycles. The molecule has 1 atom stereocenters. The van der Waals surface area contributed by atoms with Crippen LogP contribution in [0.1, 0.15) is 70.6 Å². The van der Waals surface area contributed by atoms with E-state index >= 15 is 0 Å². The quantitative estimate of drug-likeness (QED) is 0.459. The first kappa shape index (κ1) is 25.7. The van der Waals surface area contributed by atoms with Gasteiger partial charge in [0.05, 0.1) is 18.5 Å². The number of benzene rings is 1. The predicted octanol–water partition coefficient (Wildman–Crippen LogP) is 4.94. The van der Waals surface area contributed by atoms with Gasteiger partial charge in [0, 0.05) is 23.1 Å². The van der Waals surface area contributed by atoms with E-state index in [0.29, 0.717) is 17.0 Å². The Labute approximate surface area is 203 Å². The molecule has 0 fully saturated rings. The molecule has 0 spiro atoms. The van der Waals surface area contributed by atoms with Crippen molar-refractivity contribution in [1.82, 2.24) is 24.8 Å². The van der Waals surface area contributed by atoms with E-state index in [2.05, 4.69) is 51.8 Å². The highest BCUT2D eigenvalue weighted by molar-refractivity contribution is 5.94. The van der Waals surface area contributed by atoms with Crippen LogP contribution in [0.5, 0.6) is 5.75 Å². The summed E-state index contributed by atoms with van der Waals surface area (Å²) in [6.45, 7) is 15.9. The monoisotopic (exact) mass is 465 g/mol. The van der Waals surface area contributed by atoms with Crippen molar-refractivity contribution in [3.05, 3.63) is 47.8 Å². The SMILES string of the molecule is CCN(CC)CCC[C@@H](C)NC(=O)c1cc(-c2cccc(OC)c2)nc2cc(C(C)(C)C)nn12. The number of methoxy groups -OCH3 is 1. The molecule has 0 saturated heterocycles. The number of hydrogen-bond donors (Lipinski definition) is 1. The third kappa shape index (κ3) is 6.14. The first-order chi connectivity index (χ1) is 16.2. The van der Waals surface area contributed by atoms with Crippen LogP contribution in [0.2, 0.25) is 0 Å². The van der Waals surface area contributed by atoms with E-state index in [1.165, 1.54) is 0 Å². The number of carbonyl (C=O) groups is 1. The first-order valence-corrected chi connectivity index (χ1v) is 12.2. The molecule has 7 heteroatoms. The topological polar surface area (TPSA) is 71.8 Å². The lowest BCUT2D eigenvalue weighted by molar-refractivity contribution is 0.0929. The van der Waals surface area contributed by atoms with Crippen LogP contribution in [0.15, 0.2) is 36.4 Å². The van der Waals surface area contributed by atoms with Gasteiger partial charge in [-0.2, -0.15) is 5.10 Å². The summed E-state index contributed by atoms with van der Waals surface area (Å²) in [5, 5.41) is 7.93. The van der Waals surface area contributed by atoms with Crippen LogP contribution in [0.25, 0.3) is 16.9 Å². The number of ether oxygens (including phenoxy) is 1. The van der Waals surface area contributed by atoms with Crippen molar-refractivity contribution in [2.24, 2.45) is 0 Å². The van der Waals surface area contributed by atoms with E-state index in [-0.39, 0.29) is 17.4 Å². The Hall–Kier alpha value is -2.93. The fourth-order valence-electron chi connectivity index (χ4n) is 3.96. The second-order valence-electron chi connectivity index (χ2n) is 9.85. The maximum atomic E-state index is 13.4. The van der Waals surface area contributed by atoms with E-state index in [9.17, 15) is 4.79 Å². The molecule has 0 bridgehead atoms. The van der Waals surface area contributed by atoms with Gasteiger partial charge in [0.1, 0.15) is 11.4 Å². The number of amides is 1. The summed E-state index contributed by atoms with van der Waals surface area (Å²) in [5.74, 6) is 0.603. The molecule has 2 heterocycles. The zero-order valence-electron chi connectivity index (χ0n) is 21.7. The Bertz CT molecular complexity index is 1110. The highest BCUT2D eigenvalue weighted by Gasteiger charge is 2.23. The Morgan fingerprint density at radius 2 is 1.91 bits per heavy atom. The fraction of sp³-hybridized carbons (Fsp3) is 0.519. The summed E-state index contributed by atoms with van der Waals surface area (Å²) in [4.78, 5) is 20.6. The molecule has 7 nitrogen and oxygen atoms in total. The summed E-state index contributed by atoms with van der Waals surface area (Å²) >= 11 is 0. The van der Waals surface area contributed by atoms with Crippen LogP contribution in [0, 0.1) is 0 Å². The molecule has 0 aliphatic rings. The maximum absolute atomic E-state index is 13.4. The third-order valence-electron chi connectivity index (χ3n) is 6.18. The molecule has 0 aliphatic heterocycles. The van der Waals surface area contributed by atoms with E-state index in [0.717, 1.165) is 49.5 Å². The van der Waals surface area contributed by atoms with Crippen LogP contribution in [0.4, 0.5) is 0 Å². The minimum absolute atomic E-state index is 0.0594. The highest BCUT2D eigenvalue weighted by atomic mass is 16.5.